The molecule has 0 aliphatic heterocycles. The first-order valence-corrected chi connectivity index (χ1v) is 3.22. The Morgan fingerprint density at radius 2 is 1.73 bits per heavy atom. The molecule has 1 N–H and O–H groups in total. The van der Waals surface area contributed by atoms with Crippen molar-refractivity contribution < 1.29 is 13.7 Å². The van der Waals surface area contributed by atoms with Crippen LogP contribution < -0.4 is 5.46 Å². The van der Waals surface area contributed by atoms with Gasteiger partial charge in [-0.25, -0.2) is 0 Å². The van der Waals surface area contributed by atoms with Gasteiger partial charge in [-0.05, 0) is 11.0 Å². The lowest BCUT2D eigenvalue weighted by atomic mass is 9.86. The minimum atomic E-state index is -2.43. The zero-order chi connectivity index (χ0) is 8.27. The first kappa shape index (κ1) is 8.20. The molecule has 0 atom stereocenters. The minimum Gasteiger partial charge on any atom is -0.392 e. The van der Waals surface area contributed by atoms with E-state index in [4.69, 9.17) is 5.11 Å². The Labute approximate surface area is 63.8 Å². The highest BCUT2D eigenvalue weighted by Crippen LogP contribution is 1.97. The van der Waals surface area contributed by atoms with Gasteiger partial charge in [0.05, 0.1) is 6.61 Å². The molecule has 0 fully saturated rings. The first-order chi connectivity index (χ1) is 5.24. The van der Waals surface area contributed by atoms with Crippen molar-refractivity contribution >= 4 is 12.7 Å². The molecule has 0 saturated heterocycles. The van der Waals surface area contributed by atoms with Crippen molar-refractivity contribution in [1.29, 1.82) is 0 Å². The lowest BCUT2D eigenvalue weighted by Gasteiger charge is -1.96. The summed E-state index contributed by atoms with van der Waals surface area (Å²) in [5, 5.41) is 8.58. The van der Waals surface area contributed by atoms with E-state index >= 15 is 0 Å². The normalized spacial score (nSPS) is 9.73. The average Bonchev–Trinajstić information content (AvgIpc) is 2.05. The van der Waals surface area contributed by atoms with E-state index in [1.54, 1.807) is 0 Å². The van der Waals surface area contributed by atoms with Gasteiger partial charge in [-0.1, -0.05) is 24.3 Å². The highest BCUT2D eigenvalue weighted by molar-refractivity contribution is 6.59. The maximum atomic E-state index is 11.9. The van der Waals surface area contributed by atoms with Crippen LogP contribution in [0, 0.1) is 0 Å². The van der Waals surface area contributed by atoms with Gasteiger partial charge in [-0.3, -0.25) is 8.63 Å². The van der Waals surface area contributed by atoms with Crippen molar-refractivity contribution in [3.8, 4) is 0 Å². The molecule has 1 aromatic carbocycles. The summed E-state index contributed by atoms with van der Waals surface area (Å²) in [6.07, 6.45) is 0. The summed E-state index contributed by atoms with van der Waals surface area (Å²) in [6.45, 7) is -0.108. The maximum Gasteiger partial charge on any atom is 0.571 e. The van der Waals surface area contributed by atoms with Gasteiger partial charge in [0.15, 0.2) is 0 Å². The summed E-state index contributed by atoms with van der Waals surface area (Å²) in [5.74, 6) is 0. The van der Waals surface area contributed by atoms with Crippen LogP contribution >= 0.6 is 0 Å². The third-order valence-electron chi connectivity index (χ3n) is 1.41. The van der Waals surface area contributed by atoms with Gasteiger partial charge in [0.25, 0.3) is 0 Å². The molecule has 0 aliphatic carbocycles. The molecule has 1 aromatic rings. The van der Waals surface area contributed by atoms with Crippen LogP contribution in [0.15, 0.2) is 24.3 Å². The van der Waals surface area contributed by atoms with E-state index in [9.17, 15) is 8.63 Å². The molecular formula is C7H7BF2O. The van der Waals surface area contributed by atoms with Crippen molar-refractivity contribution in [3.05, 3.63) is 29.8 Å². The second kappa shape index (κ2) is 3.48. The van der Waals surface area contributed by atoms with Crippen molar-refractivity contribution in [2.75, 3.05) is 0 Å². The van der Waals surface area contributed by atoms with Crippen molar-refractivity contribution in [3.63, 3.8) is 0 Å². The zero-order valence-electron chi connectivity index (χ0n) is 5.80. The van der Waals surface area contributed by atoms with E-state index in [1.807, 2.05) is 0 Å². The number of hydrogen-bond donors (Lipinski definition) is 1. The number of aliphatic hydroxyl groups is 1. The maximum absolute atomic E-state index is 11.9. The van der Waals surface area contributed by atoms with E-state index in [-0.39, 0.29) is 12.1 Å². The van der Waals surface area contributed by atoms with E-state index in [1.165, 1.54) is 24.3 Å². The molecular weight excluding hydrogens is 149 g/mol. The number of benzene rings is 1. The van der Waals surface area contributed by atoms with Crippen molar-refractivity contribution in [1.82, 2.24) is 0 Å². The number of hydrogen-bond acceptors (Lipinski definition) is 1. The Bertz CT molecular complexity index is 222. The quantitative estimate of drug-likeness (QED) is 0.628. The minimum absolute atomic E-state index is 0.0119. The molecule has 0 amide bonds. The van der Waals surface area contributed by atoms with E-state index in [0.717, 1.165) is 0 Å². The van der Waals surface area contributed by atoms with Gasteiger partial charge in [0.2, 0.25) is 0 Å². The molecule has 58 valence electrons. The summed E-state index contributed by atoms with van der Waals surface area (Å²) >= 11 is 0. The second-order valence-corrected chi connectivity index (χ2v) is 2.20. The molecule has 0 unspecified atom stereocenters. The Morgan fingerprint density at radius 3 is 2.09 bits per heavy atom. The third kappa shape index (κ3) is 2.01. The molecule has 11 heavy (non-hydrogen) atoms. The molecule has 1 nitrogen and oxygen atoms in total. The highest BCUT2D eigenvalue weighted by Gasteiger charge is 2.14. The summed E-state index contributed by atoms with van der Waals surface area (Å²) in [5.41, 5.74) is 0.636. The fraction of sp³-hybridized carbons (Fsp3) is 0.143. The monoisotopic (exact) mass is 156 g/mol. The molecule has 0 heterocycles. The molecule has 1 rings (SSSR count). The lowest BCUT2D eigenvalue weighted by Crippen LogP contribution is -2.19. The fourth-order valence-electron chi connectivity index (χ4n) is 0.769. The Kier molecular flexibility index (Phi) is 2.60. The topological polar surface area (TPSA) is 20.2 Å². The van der Waals surface area contributed by atoms with Gasteiger partial charge in [0.1, 0.15) is 0 Å². The van der Waals surface area contributed by atoms with Crippen LogP contribution in [-0.2, 0) is 6.61 Å². The smallest absolute Gasteiger partial charge is 0.392 e. The predicted octanol–water partition coefficient (Wildman–Crippen LogP) is 0.813. The van der Waals surface area contributed by atoms with E-state index in [0.29, 0.717) is 5.56 Å². The van der Waals surface area contributed by atoms with Crippen LogP contribution in [0.2, 0.25) is 0 Å². The molecule has 0 saturated carbocycles. The summed E-state index contributed by atoms with van der Waals surface area (Å²) in [7, 11) is -2.43. The van der Waals surface area contributed by atoms with Crippen LogP contribution in [0.3, 0.4) is 0 Å². The SMILES string of the molecule is OCc1ccc(B(F)F)cc1. The van der Waals surface area contributed by atoms with Gasteiger partial charge in [-0.15, -0.1) is 0 Å². The number of halogens is 2. The van der Waals surface area contributed by atoms with Gasteiger partial charge in [-0.2, -0.15) is 0 Å². The van der Waals surface area contributed by atoms with Gasteiger partial charge >= 0.3 is 7.27 Å². The predicted molar refractivity (Wildman–Crippen MR) is 40.0 cm³/mol. The Balaban J connectivity index is 2.83. The molecule has 0 aliphatic rings. The van der Waals surface area contributed by atoms with Crippen LogP contribution in [0.4, 0.5) is 8.63 Å². The summed E-state index contributed by atoms with van der Waals surface area (Å²) < 4.78 is 23.9. The van der Waals surface area contributed by atoms with Crippen LogP contribution in [0.25, 0.3) is 0 Å². The van der Waals surface area contributed by atoms with Crippen LogP contribution in [-0.4, -0.2) is 12.4 Å². The van der Waals surface area contributed by atoms with Crippen LogP contribution in [0.5, 0.6) is 0 Å². The zero-order valence-corrected chi connectivity index (χ0v) is 5.80. The average molecular weight is 156 g/mol. The summed E-state index contributed by atoms with van der Waals surface area (Å²) in [6, 6.07) is 5.61. The van der Waals surface area contributed by atoms with E-state index < -0.39 is 7.27 Å². The lowest BCUT2D eigenvalue weighted by molar-refractivity contribution is 0.282. The van der Waals surface area contributed by atoms with Crippen LogP contribution in [0.1, 0.15) is 5.56 Å². The van der Waals surface area contributed by atoms with Crippen molar-refractivity contribution in [2.24, 2.45) is 0 Å². The molecule has 0 radical (unpaired) electrons. The third-order valence-corrected chi connectivity index (χ3v) is 1.41. The molecule has 0 bridgehead atoms. The standard InChI is InChI=1S/C7H7BF2O/c9-8(10)7-3-1-6(5-11)2-4-7/h1-4,11H,5H2. The van der Waals surface area contributed by atoms with Crippen molar-refractivity contribution in [2.45, 2.75) is 6.61 Å². The van der Waals surface area contributed by atoms with E-state index in [2.05, 4.69) is 0 Å². The molecule has 0 aromatic heterocycles. The Morgan fingerprint density at radius 1 is 1.18 bits per heavy atom. The van der Waals surface area contributed by atoms with Gasteiger partial charge < -0.3 is 5.11 Å². The largest absolute Gasteiger partial charge is 0.571 e. The number of rotatable bonds is 2. The molecule has 0 spiro atoms. The summed E-state index contributed by atoms with van der Waals surface area (Å²) in [4.78, 5) is 0. The van der Waals surface area contributed by atoms with Gasteiger partial charge in [0, 0.05) is 0 Å². The fourth-order valence-corrected chi connectivity index (χ4v) is 0.769. The first-order valence-electron chi connectivity index (χ1n) is 3.22. The second-order valence-electron chi connectivity index (χ2n) is 2.20. The molecule has 4 heteroatoms. The Hall–Kier alpha value is -0.895. The number of aliphatic hydroxyl groups excluding tert-OH is 1. The highest BCUT2D eigenvalue weighted by atomic mass is 19.2.